The standard InChI is InChI=1S/C15H8ClF6IN4/c1-6-4-9-11(12(24-6)15(20,21)22)13(25-23)27(26-9)10-3-2-7(5-8(10)16)14(17,18)19/h2-5,25H,1H3. The number of alkyl halides is 6. The van der Waals surface area contributed by atoms with Gasteiger partial charge in [0.05, 0.1) is 50.0 Å². The van der Waals surface area contributed by atoms with Gasteiger partial charge >= 0.3 is 12.4 Å². The third-order valence-corrected chi connectivity index (χ3v) is 4.46. The van der Waals surface area contributed by atoms with E-state index in [1.807, 2.05) is 0 Å². The minimum absolute atomic E-state index is 0.00851. The van der Waals surface area contributed by atoms with Crippen molar-refractivity contribution < 1.29 is 26.3 Å². The van der Waals surface area contributed by atoms with E-state index < -0.39 is 23.6 Å². The van der Waals surface area contributed by atoms with E-state index in [4.69, 9.17) is 11.6 Å². The predicted octanol–water partition coefficient (Wildman–Crippen LogP) is 6.18. The zero-order valence-electron chi connectivity index (χ0n) is 13.2. The van der Waals surface area contributed by atoms with Crippen molar-refractivity contribution in [2.45, 2.75) is 19.3 Å². The molecular formula is C15H8ClF6IN4. The lowest BCUT2D eigenvalue weighted by molar-refractivity contribution is -0.140. The number of aryl methyl sites for hydroxylation is 1. The van der Waals surface area contributed by atoms with E-state index in [-0.39, 0.29) is 33.1 Å². The maximum absolute atomic E-state index is 13.4. The molecule has 0 spiro atoms. The molecule has 3 rings (SSSR count). The first-order chi connectivity index (χ1) is 12.4. The molecule has 0 saturated heterocycles. The number of hydrogen-bond acceptors (Lipinski definition) is 3. The van der Waals surface area contributed by atoms with Crippen LogP contribution in [-0.2, 0) is 12.4 Å². The Hall–Kier alpha value is -1.76. The minimum Gasteiger partial charge on any atom is -0.312 e. The Morgan fingerprint density at radius 2 is 1.74 bits per heavy atom. The second kappa shape index (κ2) is 6.69. The highest BCUT2D eigenvalue weighted by Gasteiger charge is 2.38. The van der Waals surface area contributed by atoms with E-state index in [2.05, 4.69) is 13.6 Å². The van der Waals surface area contributed by atoms with Gasteiger partial charge in [-0.2, -0.15) is 31.4 Å². The van der Waals surface area contributed by atoms with E-state index in [1.54, 1.807) is 22.9 Å². The first-order valence-electron chi connectivity index (χ1n) is 7.15. The van der Waals surface area contributed by atoms with Crippen molar-refractivity contribution in [1.82, 2.24) is 14.8 Å². The van der Waals surface area contributed by atoms with Crippen LogP contribution < -0.4 is 3.53 Å². The summed E-state index contributed by atoms with van der Waals surface area (Å²) in [6.07, 6.45) is -9.35. The maximum Gasteiger partial charge on any atom is 0.434 e. The van der Waals surface area contributed by atoms with Gasteiger partial charge in [0.15, 0.2) is 5.69 Å². The number of aromatic nitrogens is 3. The third kappa shape index (κ3) is 3.66. The van der Waals surface area contributed by atoms with E-state index in [9.17, 15) is 26.3 Å². The molecule has 2 heterocycles. The minimum atomic E-state index is -4.75. The van der Waals surface area contributed by atoms with Crippen molar-refractivity contribution in [3.05, 3.63) is 46.2 Å². The lowest BCUT2D eigenvalue weighted by atomic mass is 10.2. The third-order valence-electron chi connectivity index (χ3n) is 3.64. The number of pyridine rings is 1. The van der Waals surface area contributed by atoms with Crippen LogP contribution in [-0.4, -0.2) is 14.8 Å². The smallest absolute Gasteiger partial charge is 0.312 e. The summed E-state index contributed by atoms with van der Waals surface area (Å²) in [6.45, 7) is 1.38. The van der Waals surface area contributed by atoms with Gasteiger partial charge in [-0.25, -0.2) is 9.67 Å². The zero-order valence-corrected chi connectivity index (χ0v) is 16.1. The fourth-order valence-electron chi connectivity index (χ4n) is 2.55. The number of hydrogen-bond donors (Lipinski definition) is 1. The van der Waals surface area contributed by atoms with Gasteiger partial charge in [0.2, 0.25) is 0 Å². The summed E-state index contributed by atoms with van der Waals surface area (Å²) in [5.41, 5.74) is -2.06. The van der Waals surface area contributed by atoms with Gasteiger partial charge in [0, 0.05) is 5.69 Å². The molecule has 0 aliphatic rings. The molecule has 27 heavy (non-hydrogen) atoms. The van der Waals surface area contributed by atoms with Crippen molar-refractivity contribution in [2.24, 2.45) is 0 Å². The number of nitrogens with zero attached hydrogens (tertiary/aromatic N) is 3. The van der Waals surface area contributed by atoms with Gasteiger partial charge < -0.3 is 3.53 Å². The fourth-order valence-corrected chi connectivity index (χ4v) is 3.31. The summed E-state index contributed by atoms with van der Waals surface area (Å²) < 4.78 is 82.3. The molecular weight excluding hydrogens is 513 g/mol. The van der Waals surface area contributed by atoms with Crippen LogP contribution in [0.4, 0.5) is 32.2 Å². The van der Waals surface area contributed by atoms with Crippen LogP contribution in [0.5, 0.6) is 0 Å². The van der Waals surface area contributed by atoms with Crippen LogP contribution >= 0.6 is 34.5 Å². The van der Waals surface area contributed by atoms with Crippen molar-refractivity contribution in [3.8, 4) is 5.69 Å². The Kier molecular flexibility index (Phi) is 4.95. The van der Waals surface area contributed by atoms with Crippen molar-refractivity contribution in [1.29, 1.82) is 0 Å². The van der Waals surface area contributed by atoms with Gasteiger partial charge in [-0.3, -0.25) is 0 Å². The average Bonchev–Trinajstić information content (AvgIpc) is 2.89. The Morgan fingerprint density at radius 1 is 1.07 bits per heavy atom. The van der Waals surface area contributed by atoms with Crippen LogP contribution in [0, 0.1) is 6.92 Å². The monoisotopic (exact) mass is 520 g/mol. The molecule has 0 radical (unpaired) electrons. The Balaban J connectivity index is 2.31. The van der Waals surface area contributed by atoms with Crippen LogP contribution in [0.3, 0.4) is 0 Å². The van der Waals surface area contributed by atoms with Crippen molar-refractivity contribution in [3.63, 3.8) is 0 Å². The van der Waals surface area contributed by atoms with Crippen LogP contribution in [0.25, 0.3) is 16.6 Å². The number of anilines is 1. The van der Waals surface area contributed by atoms with Crippen molar-refractivity contribution >= 4 is 51.2 Å². The van der Waals surface area contributed by atoms with Crippen LogP contribution in [0.1, 0.15) is 17.0 Å². The number of nitrogens with one attached hydrogen (secondary N) is 1. The topological polar surface area (TPSA) is 42.7 Å². The number of rotatable bonds is 2. The molecule has 144 valence electrons. The van der Waals surface area contributed by atoms with E-state index in [1.165, 1.54) is 13.0 Å². The summed E-state index contributed by atoms with van der Waals surface area (Å²) in [5.74, 6) is -0.105. The molecule has 1 aromatic carbocycles. The molecule has 0 bridgehead atoms. The fraction of sp³-hybridized carbons (Fsp3) is 0.200. The molecule has 0 saturated carbocycles. The highest BCUT2D eigenvalue weighted by molar-refractivity contribution is 14.1. The van der Waals surface area contributed by atoms with Crippen LogP contribution in [0.2, 0.25) is 5.02 Å². The van der Waals surface area contributed by atoms with Gasteiger partial charge in [-0.05, 0) is 31.2 Å². The summed E-state index contributed by atoms with van der Waals surface area (Å²) in [5, 5.41) is 3.46. The first kappa shape index (κ1) is 20.0. The second-order valence-corrected chi connectivity index (χ2v) is 6.47. The molecule has 12 heteroatoms. The van der Waals surface area contributed by atoms with Gasteiger partial charge in [-0.1, -0.05) is 11.6 Å². The number of halogens is 8. The summed E-state index contributed by atoms with van der Waals surface area (Å²) in [4.78, 5) is 3.55. The highest BCUT2D eigenvalue weighted by atomic mass is 127. The molecule has 0 atom stereocenters. The summed E-state index contributed by atoms with van der Waals surface area (Å²) in [6, 6.07) is 3.85. The van der Waals surface area contributed by atoms with Crippen LogP contribution in [0.15, 0.2) is 24.3 Å². The van der Waals surface area contributed by atoms with Gasteiger partial charge in [0.1, 0.15) is 5.82 Å². The number of benzene rings is 1. The molecule has 0 aliphatic heterocycles. The lowest BCUT2D eigenvalue weighted by Crippen LogP contribution is -2.10. The van der Waals surface area contributed by atoms with E-state index in [0.717, 1.165) is 16.8 Å². The van der Waals surface area contributed by atoms with Gasteiger partial charge in [-0.15, -0.1) is 0 Å². The van der Waals surface area contributed by atoms with E-state index in [0.29, 0.717) is 6.07 Å². The SMILES string of the molecule is Cc1cc2nn(-c3ccc(C(F)(F)F)cc3Cl)c(NI)c2c(C(F)(F)F)n1. The largest absolute Gasteiger partial charge is 0.434 e. The summed E-state index contributed by atoms with van der Waals surface area (Å²) in [7, 11) is 0. The molecule has 0 unspecified atom stereocenters. The molecule has 0 fully saturated rings. The first-order valence-corrected chi connectivity index (χ1v) is 8.60. The highest BCUT2D eigenvalue weighted by Crippen LogP contribution is 2.40. The Morgan fingerprint density at radius 3 is 2.26 bits per heavy atom. The summed E-state index contributed by atoms with van der Waals surface area (Å²) >= 11 is 7.56. The van der Waals surface area contributed by atoms with Crippen molar-refractivity contribution in [2.75, 3.05) is 3.53 Å². The molecule has 3 aromatic rings. The Bertz CT molecular complexity index is 1030. The average molecular weight is 521 g/mol. The predicted molar refractivity (Wildman–Crippen MR) is 96.3 cm³/mol. The van der Waals surface area contributed by atoms with Gasteiger partial charge in [0.25, 0.3) is 0 Å². The van der Waals surface area contributed by atoms with E-state index >= 15 is 0 Å². The molecule has 2 aromatic heterocycles. The zero-order chi connectivity index (χ0) is 20.1. The molecule has 0 aliphatic carbocycles. The molecule has 0 amide bonds. The lowest BCUT2D eigenvalue weighted by Gasteiger charge is -2.12. The maximum atomic E-state index is 13.4. The quantitative estimate of drug-likeness (QED) is 0.249. The molecule has 1 N–H and O–H groups in total. The Labute approximate surface area is 167 Å². The molecule has 4 nitrogen and oxygen atoms in total. The normalized spacial score (nSPS) is 12.6. The number of fused-ring (bicyclic) bond motifs is 1. The second-order valence-electron chi connectivity index (χ2n) is 5.52.